The minimum Gasteiger partial charge on any atom is -0.357 e. The Kier molecular flexibility index (Phi) is 6.05. The third-order valence-corrected chi connectivity index (χ3v) is 3.88. The van der Waals surface area contributed by atoms with Crippen LogP contribution in [0, 0.1) is 6.92 Å². The van der Waals surface area contributed by atoms with Crippen LogP contribution in [0.2, 0.25) is 0 Å². The lowest BCUT2D eigenvalue weighted by Crippen LogP contribution is -2.39. The molecule has 1 saturated heterocycles. The van der Waals surface area contributed by atoms with Crippen LogP contribution >= 0.6 is 24.0 Å². The van der Waals surface area contributed by atoms with Gasteiger partial charge in [0.1, 0.15) is 5.65 Å². The number of aliphatic imine (C=N–C) groups is 1. The van der Waals surface area contributed by atoms with E-state index in [2.05, 4.69) is 45.7 Å². The first-order valence-electron chi connectivity index (χ1n) is 7.75. The molecule has 2 aromatic heterocycles. The van der Waals surface area contributed by atoms with Crippen LogP contribution in [0.15, 0.2) is 29.4 Å². The highest BCUT2D eigenvalue weighted by Gasteiger charge is 2.15. The molecule has 2 aromatic rings. The molecule has 0 aromatic carbocycles. The highest BCUT2D eigenvalue weighted by Crippen LogP contribution is 2.11. The van der Waals surface area contributed by atoms with Crippen molar-refractivity contribution in [3.8, 4) is 0 Å². The van der Waals surface area contributed by atoms with Gasteiger partial charge in [-0.3, -0.25) is 0 Å². The standard InChI is InChI=1S/C16H23N5.HI/c1-3-17-16(20-9-4-5-10-20)18-11-14-12-21-13(2)7-6-8-15(21)19-14;/h6-8,12H,3-5,9-11H2,1-2H3,(H,17,18);1H. The monoisotopic (exact) mass is 413 g/mol. The maximum absolute atomic E-state index is 4.75. The summed E-state index contributed by atoms with van der Waals surface area (Å²) < 4.78 is 2.12. The Bertz CT molecular complexity index is 643. The molecule has 3 rings (SSSR count). The third-order valence-electron chi connectivity index (χ3n) is 3.88. The van der Waals surface area contributed by atoms with Crippen molar-refractivity contribution in [1.82, 2.24) is 19.6 Å². The lowest BCUT2D eigenvalue weighted by Gasteiger charge is -2.20. The Balaban J connectivity index is 0.00000176. The van der Waals surface area contributed by atoms with Crippen molar-refractivity contribution in [2.75, 3.05) is 19.6 Å². The molecule has 0 saturated carbocycles. The van der Waals surface area contributed by atoms with Crippen molar-refractivity contribution in [2.45, 2.75) is 33.2 Å². The molecule has 0 spiro atoms. The summed E-state index contributed by atoms with van der Waals surface area (Å²) in [5.41, 5.74) is 3.20. The second-order valence-electron chi connectivity index (χ2n) is 5.49. The van der Waals surface area contributed by atoms with Crippen LogP contribution in [-0.4, -0.2) is 39.9 Å². The molecular weight excluding hydrogens is 389 g/mol. The lowest BCUT2D eigenvalue weighted by atomic mass is 10.4. The van der Waals surface area contributed by atoms with Crippen LogP contribution in [0.1, 0.15) is 31.2 Å². The second kappa shape index (κ2) is 7.80. The van der Waals surface area contributed by atoms with Gasteiger partial charge in [-0.25, -0.2) is 9.98 Å². The highest BCUT2D eigenvalue weighted by atomic mass is 127. The molecule has 6 heteroatoms. The normalized spacial score (nSPS) is 15.2. The third kappa shape index (κ3) is 3.71. The molecule has 120 valence electrons. The first kappa shape index (κ1) is 17.1. The van der Waals surface area contributed by atoms with Gasteiger partial charge in [-0.1, -0.05) is 6.07 Å². The fraction of sp³-hybridized carbons (Fsp3) is 0.500. The quantitative estimate of drug-likeness (QED) is 0.478. The molecule has 0 aliphatic carbocycles. The molecule has 0 bridgehead atoms. The van der Waals surface area contributed by atoms with Gasteiger partial charge in [0.05, 0.1) is 12.2 Å². The predicted molar refractivity (Wildman–Crippen MR) is 101 cm³/mol. The Morgan fingerprint density at radius 1 is 1.32 bits per heavy atom. The number of likely N-dealkylation sites (tertiary alicyclic amines) is 1. The van der Waals surface area contributed by atoms with Crippen molar-refractivity contribution in [3.05, 3.63) is 35.8 Å². The van der Waals surface area contributed by atoms with E-state index in [0.717, 1.165) is 36.9 Å². The number of halogens is 1. The SMILES string of the molecule is CCNC(=NCc1cn2c(C)cccc2n1)N1CCCC1.I. The largest absolute Gasteiger partial charge is 0.357 e. The van der Waals surface area contributed by atoms with Crippen LogP contribution < -0.4 is 5.32 Å². The number of nitrogens with one attached hydrogen (secondary N) is 1. The number of aryl methyl sites for hydroxylation is 1. The van der Waals surface area contributed by atoms with Gasteiger partial charge >= 0.3 is 0 Å². The van der Waals surface area contributed by atoms with Gasteiger partial charge in [0, 0.05) is 31.5 Å². The van der Waals surface area contributed by atoms with E-state index in [1.165, 1.54) is 18.5 Å². The summed E-state index contributed by atoms with van der Waals surface area (Å²) in [6.07, 6.45) is 4.61. The molecule has 22 heavy (non-hydrogen) atoms. The van der Waals surface area contributed by atoms with E-state index in [0.29, 0.717) is 6.54 Å². The van der Waals surface area contributed by atoms with Crippen molar-refractivity contribution in [2.24, 2.45) is 4.99 Å². The molecule has 1 aliphatic rings. The number of imidazole rings is 1. The van der Waals surface area contributed by atoms with Gasteiger partial charge in [0.25, 0.3) is 0 Å². The molecule has 1 fully saturated rings. The van der Waals surface area contributed by atoms with Crippen molar-refractivity contribution < 1.29 is 0 Å². The van der Waals surface area contributed by atoms with Crippen molar-refractivity contribution in [3.63, 3.8) is 0 Å². The van der Waals surface area contributed by atoms with Gasteiger partial charge < -0.3 is 14.6 Å². The number of rotatable bonds is 3. The van der Waals surface area contributed by atoms with E-state index >= 15 is 0 Å². The van der Waals surface area contributed by atoms with Crippen molar-refractivity contribution >= 4 is 35.6 Å². The number of guanidine groups is 1. The number of fused-ring (bicyclic) bond motifs is 1. The average molecular weight is 413 g/mol. The Morgan fingerprint density at radius 2 is 2.09 bits per heavy atom. The lowest BCUT2D eigenvalue weighted by molar-refractivity contribution is 0.493. The number of aromatic nitrogens is 2. The molecule has 1 aliphatic heterocycles. The maximum Gasteiger partial charge on any atom is 0.194 e. The predicted octanol–water partition coefficient (Wildman–Crippen LogP) is 2.82. The van der Waals surface area contributed by atoms with Gasteiger partial charge in [-0.15, -0.1) is 24.0 Å². The summed E-state index contributed by atoms with van der Waals surface area (Å²) in [6, 6.07) is 6.17. The number of nitrogens with zero attached hydrogens (tertiary/aromatic N) is 4. The van der Waals surface area contributed by atoms with Crippen LogP contribution in [0.25, 0.3) is 5.65 Å². The number of hydrogen-bond donors (Lipinski definition) is 1. The summed E-state index contributed by atoms with van der Waals surface area (Å²) in [6.45, 7) is 7.95. The second-order valence-corrected chi connectivity index (χ2v) is 5.49. The van der Waals surface area contributed by atoms with Gasteiger partial charge in [0.15, 0.2) is 5.96 Å². The summed E-state index contributed by atoms with van der Waals surface area (Å²) in [5.74, 6) is 1.02. The Hall–Kier alpha value is -1.31. The van der Waals surface area contributed by atoms with Crippen molar-refractivity contribution in [1.29, 1.82) is 0 Å². The minimum absolute atomic E-state index is 0. The summed E-state index contributed by atoms with van der Waals surface area (Å²) in [4.78, 5) is 11.7. The van der Waals surface area contributed by atoms with E-state index in [1.807, 2.05) is 12.1 Å². The summed E-state index contributed by atoms with van der Waals surface area (Å²) >= 11 is 0. The van der Waals surface area contributed by atoms with Crippen LogP contribution in [0.5, 0.6) is 0 Å². The van der Waals surface area contributed by atoms with E-state index < -0.39 is 0 Å². The van der Waals surface area contributed by atoms with E-state index in [4.69, 9.17) is 4.99 Å². The van der Waals surface area contributed by atoms with Gasteiger partial charge in [0.2, 0.25) is 0 Å². The topological polar surface area (TPSA) is 44.9 Å². The number of hydrogen-bond acceptors (Lipinski definition) is 2. The van der Waals surface area contributed by atoms with Crippen LogP contribution in [-0.2, 0) is 6.54 Å². The molecule has 0 radical (unpaired) electrons. The van der Waals surface area contributed by atoms with E-state index in [-0.39, 0.29) is 24.0 Å². The van der Waals surface area contributed by atoms with E-state index in [9.17, 15) is 0 Å². The fourth-order valence-corrected chi connectivity index (χ4v) is 2.79. The maximum atomic E-state index is 4.75. The zero-order chi connectivity index (χ0) is 14.7. The number of pyridine rings is 1. The minimum atomic E-state index is 0. The molecule has 1 N–H and O–H groups in total. The molecule has 3 heterocycles. The Labute approximate surface area is 148 Å². The Morgan fingerprint density at radius 3 is 2.77 bits per heavy atom. The summed E-state index contributed by atoms with van der Waals surface area (Å²) in [5, 5.41) is 3.38. The zero-order valence-electron chi connectivity index (χ0n) is 13.2. The first-order valence-corrected chi connectivity index (χ1v) is 7.75. The molecule has 5 nitrogen and oxygen atoms in total. The molecule has 0 atom stereocenters. The van der Waals surface area contributed by atoms with Crippen LogP contribution in [0.4, 0.5) is 0 Å². The molecule has 0 amide bonds. The molecule has 0 unspecified atom stereocenters. The smallest absolute Gasteiger partial charge is 0.194 e. The molecular formula is C16H24IN5. The summed E-state index contributed by atoms with van der Waals surface area (Å²) in [7, 11) is 0. The van der Waals surface area contributed by atoms with Gasteiger partial charge in [-0.2, -0.15) is 0 Å². The van der Waals surface area contributed by atoms with E-state index in [1.54, 1.807) is 0 Å². The van der Waals surface area contributed by atoms with Crippen LogP contribution in [0.3, 0.4) is 0 Å². The first-order chi connectivity index (χ1) is 10.3. The fourth-order valence-electron chi connectivity index (χ4n) is 2.79. The average Bonchev–Trinajstić information content (AvgIpc) is 3.13. The highest BCUT2D eigenvalue weighted by molar-refractivity contribution is 14.0. The van der Waals surface area contributed by atoms with Gasteiger partial charge in [-0.05, 0) is 38.8 Å². The zero-order valence-corrected chi connectivity index (χ0v) is 15.6.